The quantitative estimate of drug-likeness (QED) is 0.698. The van der Waals surface area contributed by atoms with Crippen molar-refractivity contribution >= 4 is 19.9 Å². The lowest BCUT2D eigenvalue weighted by Crippen LogP contribution is -2.48. The van der Waals surface area contributed by atoms with E-state index in [1.165, 1.54) is 12.1 Å². The summed E-state index contributed by atoms with van der Waals surface area (Å²) in [6.45, 7) is -0.0101. The molecule has 21 heavy (non-hydrogen) atoms. The Balaban J connectivity index is 2.40. The number of sulfone groups is 1. The molecule has 7 nitrogen and oxygen atoms in total. The number of rotatable bonds is 5. The molecule has 0 amide bonds. The lowest BCUT2D eigenvalue weighted by molar-refractivity contribution is 0.129. The third-order valence-corrected chi connectivity index (χ3v) is 7.00. The van der Waals surface area contributed by atoms with Gasteiger partial charge in [0.05, 0.1) is 28.5 Å². The van der Waals surface area contributed by atoms with Crippen LogP contribution in [0.15, 0.2) is 35.2 Å². The van der Waals surface area contributed by atoms with Gasteiger partial charge in [-0.2, -0.15) is 4.31 Å². The predicted molar refractivity (Wildman–Crippen MR) is 77.8 cm³/mol. The van der Waals surface area contributed by atoms with E-state index in [-0.39, 0.29) is 23.7 Å². The van der Waals surface area contributed by atoms with Crippen molar-refractivity contribution in [3.63, 3.8) is 0 Å². The Kier molecular flexibility index (Phi) is 4.69. The lowest BCUT2D eigenvalue weighted by atomic mass is 10.2. The monoisotopic (exact) mass is 334 g/mol. The number of benzene rings is 1. The average molecular weight is 334 g/mol. The van der Waals surface area contributed by atoms with E-state index in [1.807, 2.05) is 0 Å². The summed E-state index contributed by atoms with van der Waals surface area (Å²) in [5, 5.41) is 9.91. The van der Waals surface area contributed by atoms with Gasteiger partial charge in [0, 0.05) is 13.1 Å². The highest BCUT2D eigenvalue weighted by atomic mass is 32.2. The van der Waals surface area contributed by atoms with Crippen molar-refractivity contribution in [1.29, 1.82) is 0 Å². The van der Waals surface area contributed by atoms with Crippen molar-refractivity contribution in [3.8, 4) is 0 Å². The predicted octanol–water partition coefficient (Wildman–Crippen LogP) is -1.21. The first-order chi connectivity index (χ1) is 9.78. The Labute approximate surface area is 124 Å². The van der Waals surface area contributed by atoms with E-state index < -0.39 is 37.8 Å². The van der Waals surface area contributed by atoms with Gasteiger partial charge in [0.2, 0.25) is 10.0 Å². The molecule has 1 aromatic carbocycles. The zero-order valence-corrected chi connectivity index (χ0v) is 12.9. The van der Waals surface area contributed by atoms with Crippen molar-refractivity contribution in [2.24, 2.45) is 5.73 Å². The van der Waals surface area contributed by atoms with Crippen LogP contribution in [-0.2, 0) is 19.9 Å². The molecule has 3 N–H and O–H groups in total. The number of sulfonamides is 1. The molecule has 1 saturated heterocycles. The van der Waals surface area contributed by atoms with Crippen molar-refractivity contribution in [2.45, 2.75) is 17.0 Å². The average Bonchev–Trinajstić information content (AvgIpc) is 2.70. The molecule has 1 aromatic rings. The lowest BCUT2D eigenvalue weighted by Gasteiger charge is -2.28. The number of aliphatic hydroxyl groups is 1. The second kappa shape index (κ2) is 6.01. The highest BCUT2D eigenvalue weighted by Crippen LogP contribution is 2.24. The van der Waals surface area contributed by atoms with Gasteiger partial charge in [-0.05, 0) is 12.1 Å². The van der Waals surface area contributed by atoms with Gasteiger partial charge in [0.15, 0.2) is 9.84 Å². The summed E-state index contributed by atoms with van der Waals surface area (Å²) in [4.78, 5) is 0.0509. The van der Waals surface area contributed by atoms with E-state index in [0.717, 1.165) is 4.31 Å². The van der Waals surface area contributed by atoms with Crippen LogP contribution >= 0.6 is 0 Å². The zero-order chi connectivity index (χ0) is 15.7. The number of hydrogen-bond acceptors (Lipinski definition) is 6. The molecule has 1 heterocycles. The molecular formula is C12H18N2O5S2. The van der Waals surface area contributed by atoms with Crippen molar-refractivity contribution in [3.05, 3.63) is 30.3 Å². The van der Waals surface area contributed by atoms with Crippen LogP contribution in [0.25, 0.3) is 0 Å². The van der Waals surface area contributed by atoms with E-state index in [9.17, 15) is 21.9 Å². The molecule has 1 fully saturated rings. The molecule has 1 aliphatic rings. The molecule has 118 valence electrons. The number of aliphatic hydroxyl groups excluding tert-OH is 1. The SMILES string of the molecule is NCCN([C@H]1CS(=O)(=O)C[C@@H]1O)S(=O)(=O)c1ccccc1. The maximum Gasteiger partial charge on any atom is 0.243 e. The first-order valence-corrected chi connectivity index (χ1v) is 9.69. The normalized spacial score (nSPS) is 25.3. The topological polar surface area (TPSA) is 118 Å². The van der Waals surface area contributed by atoms with Crippen molar-refractivity contribution in [2.75, 3.05) is 24.6 Å². The van der Waals surface area contributed by atoms with Gasteiger partial charge in [-0.25, -0.2) is 16.8 Å². The summed E-state index contributed by atoms with van der Waals surface area (Å²) in [6.07, 6.45) is -1.24. The molecule has 2 atom stereocenters. The van der Waals surface area contributed by atoms with Crippen LogP contribution in [-0.4, -0.2) is 63.0 Å². The summed E-state index contributed by atoms with van der Waals surface area (Å²) in [5.41, 5.74) is 5.45. The van der Waals surface area contributed by atoms with Crippen LogP contribution in [0.3, 0.4) is 0 Å². The minimum Gasteiger partial charge on any atom is -0.390 e. The van der Waals surface area contributed by atoms with Crippen LogP contribution in [0, 0.1) is 0 Å². The van der Waals surface area contributed by atoms with Gasteiger partial charge < -0.3 is 10.8 Å². The molecular weight excluding hydrogens is 316 g/mol. The van der Waals surface area contributed by atoms with Gasteiger partial charge >= 0.3 is 0 Å². The highest BCUT2D eigenvalue weighted by molar-refractivity contribution is 7.92. The minimum atomic E-state index is -3.90. The minimum absolute atomic E-state index is 0.0370. The van der Waals surface area contributed by atoms with E-state index >= 15 is 0 Å². The second-order valence-electron chi connectivity index (χ2n) is 4.93. The summed E-state index contributed by atoms with van der Waals surface area (Å²) >= 11 is 0. The first kappa shape index (κ1) is 16.4. The Morgan fingerprint density at radius 1 is 1.24 bits per heavy atom. The summed E-state index contributed by atoms with van der Waals surface area (Å²) in [6, 6.07) is 6.69. The molecule has 1 aliphatic heterocycles. The third-order valence-electron chi connectivity index (χ3n) is 3.36. The highest BCUT2D eigenvalue weighted by Gasteiger charge is 2.44. The Morgan fingerprint density at radius 2 is 1.86 bits per heavy atom. The maximum absolute atomic E-state index is 12.6. The maximum atomic E-state index is 12.6. The van der Waals surface area contributed by atoms with E-state index in [2.05, 4.69) is 0 Å². The van der Waals surface area contributed by atoms with E-state index in [1.54, 1.807) is 18.2 Å². The molecule has 0 spiro atoms. The van der Waals surface area contributed by atoms with Crippen LogP contribution in [0.1, 0.15) is 0 Å². The van der Waals surface area contributed by atoms with Gasteiger partial charge in [-0.1, -0.05) is 18.2 Å². The summed E-state index contributed by atoms with van der Waals surface area (Å²) < 4.78 is 49.5. The zero-order valence-electron chi connectivity index (χ0n) is 11.3. The smallest absolute Gasteiger partial charge is 0.243 e. The molecule has 0 radical (unpaired) electrons. The number of nitrogens with two attached hydrogens (primary N) is 1. The summed E-state index contributed by atoms with van der Waals surface area (Å²) in [7, 11) is -7.35. The fraction of sp³-hybridized carbons (Fsp3) is 0.500. The molecule has 0 aliphatic carbocycles. The Bertz CT molecular complexity index is 688. The standard InChI is InChI=1S/C12H18N2O5S2/c13-6-7-14(11-8-20(16,17)9-12(11)15)21(18,19)10-4-2-1-3-5-10/h1-5,11-12,15H,6-9,13H2/t11-,12-/m0/s1. The fourth-order valence-corrected chi connectivity index (χ4v) is 5.99. The number of nitrogens with zero attached hydrogens (tertiary/aromatic N) is 1. The van der Waals surface area contributed by atoms with Crippen LogP contribution < -0.4 is 5.73 Å². The Morgan fingerprint density at radius 3 is 2.33 bits per heavy atom. The van der Waals surface area contributed by atoms with Crippen molar-refractivity contribution < 1.29 is 21.9 Å². The molecule has 0 aromatic heterocycles. The number of hydrogen-bond donors (Lipinski definition) is 2. The van der Waals surface area contributed by atoms with Gasteiger partial charge in [-0.3, -0.25) is 0 Å². The van der Waals surface area contributed by atoms with Crippen molar-refractivity contribution in [1.82, 2.24) is 4.31 Å². The fourth-order valence-electron chi connectivity index (χ4n) is 2.40. The molecule has 0 bridgehead atoms. The molecule has 0 saturated carbocycles. The first-order valence-electron chi connectivity index (χ1n) is 6.43. The van der Waals surface area contributed by atoms with Gasteiger partial charge in [0.25, 0.3) is 0 Å². The molecule has 9 heteroatoms. The van der Waals surface area contributed by atoms with E-state index in [0.29, 0.717) is 0 Å². The molecule has 2 rings (SSSR count). The largest absolute Gasteiger partial charge is 0.390 e. The van der Waals surface area contributed by atoms with E-state index in [4.69, 9.17) is 5.73 Å². The second-order valence-corrected chi connectivity index (χ2v) is 8.97. The van der Waals surface area contributed by atoms with Crippen LogP contribution in [0.4, 0.5) is 0 Å². The molecule has 0 unspecified atom stereocenters. The third kappa shape index (κ3) is 3.43. The van der Waals surface area contributed by atoms with Gasteiger partial charge in [-0.15, -0.1) is 0 Å². The summed E-state index contributed by atoms with van der Waals surface area (Å²) in [5.74, 6) is -0.816. The van der Waals surface area contributed by atoms with Gasteiger partial charge in [0.1, 0.15) is 0 Å². The Hall–Kier alpha value is -1.00. The van der Waals surface area contributed by atoms with Crippen LogP contribution in [0.5, 0.6) is 0 Å². The van der Waals surface area contributed by atoms with Crippen LogP contribution in [0.2, 0.25) is 0 Å².